The van der Waals surface area contributed by atoms with E-state index in [2.05, 4.69) is 0 Å². The Morgan fingerprint density at radius 2 is 1.40 bits per heavy atom. The van der Waals surface area contributed by atoms with Crippen LogP contribution in [0, 0.1) is 0 Å². The summed E-state index contributed by atoms with van der Waals surface area (Å²) in [6.07, 6.45) is -0.597. The summed E-state index contributed by atoms with van der Waals surface area (Å²) in [6.45, 7) is 11.8. The molecule has 1 unspecified atom stereocenters. The zero-order valence-corrected chi connectivity index (χ0v) is 14.6. The third kappa shape index (κ3) is 2.91. The van der Waals surface area contributed by atoms with E-state index in [0.717, 1.165) is 0 Å². The highest BCUT2D eigenvalue weighted by Crippen LogP contribution is 2.50. The van der Waals surface area contributed by atoms with Gasteiger partial charge in [-0.1, -0.05) is 41.5 Å². The van der Waals surface area contributed by atoms with Gasteiger partial charge in [-0.15, -0.1) is 0 Å². The van der Waals surface area contributed by atoms with Crippen LogP contribution in [0.2, 0.25) is 16.6 Å². The van der Waals surface area contributed by atoms with Crippen LogP contribution in [0.3, 0.4) is 0 Å². The second kappa shape index (κ2) is 6.71. The summed E-state index contributed by atoms with van der Waals surface area (Å²) in [4.78, 5) is 23.4. The van der Waals surface area contributed by atoms with Crippen molar-refractivity contribution >= 4 is 20.0 Å². The summed E-state index contributed by atoms with van der Waals surface area (Å²) in [7, 11) is -1.54. The number of carboxylic acids is 1. The molecule has 118 valence electrons. The van der Waals surface area contributed by atoms with Gasteiger partial charge >= 0.3 is 11.9 Å². The number of ether oxygens (including phenoxy) is 1. The normalized spacial score (nSPS) is 15.6. The highest BCUT2D eigenvalue weighted by molar-refractivity contribution is 6.88. The molecular formula is C14H28O5Si. The highest BCUT2D eigenvalue weighted by atomic mass is 28.3. The molecule has 6 heteroatoms. The molecule has 0 radical (unpaired) electrons. The van der Waals surface area contributed by atoms with Gasteiger partial charge in [-0.3, -0.25) is 4.79 Å². The van der Waals surface area contributed by atoms with Gasteiger partial charge in [0.25, 0.3) is 0 Å². The smallest absolute Gasteiger partial charge is 0.334 e. The van der Waals surface area contributed by atoms with Crippen LogP contribution < -0.4 is 0 Å². The molecule has 0 aliphatic heterocycles. The first-order chi connectivity index (χ1) is 8.98. The Labute approximate surface area is 122 Å². The standard InChI is InChI=1S/C14H28O5Si/c1-9(2)20(10(3)4,11(5)6)14(18,8-12(15)16)13(17)19-7/h9-11,18H,8H2,1-7H3,(H,15,16). The van der Waals surface area contributed by atoms with Crippen molar-refractivity contribution < 1.29 is 24.5 Å². The number of hydrogen-bond donors (Lipinski definition) is 2. The van der Waals surface area contributed by atoms with E-state index in [-0.39, 0.29) is 16.6 Å². The lowest BCUT2D eigenvalue weighted by molar-refractivity contribution is -0.161. The van der Waals surface area contributed by atoms with Crippen molar-refractivity contribution in [2.75, 3.05) is 7.11 Å². The minimum absolute atomic E-state index is 0.0472. The first-order valence-corrected chi connectivity index (χ1v) is 9.24. The van der Waals surface area contributed by atoms with Crippen molar-refractivity contribution in [1.82, 2.24) is 0 Å². The van der Waals surface area contributed by atoms with Gasteiger partial charge in [-0.05, 0) is 16.6 Å². The Bertz CT molecular complexity index is 343. The van der Waals surface area contributed by atoms with Gasteiger partial charge in [0.2, 0.25) is 0 Å². The molecule has 0 heterocycles. The first-order valence-electron chi connectivity index (χ1n) is 7.01. The number of carbonyl (C=O) groups excluding carboxylic acids is 1. The molecule has 0 aromatic carbocycles. The number of esters is 1. The van der Waals surface area contributed by atoms with Crippen LogP contribution in [0.1, 0.15) is 48.0 Å². The number of carboxylic acid groups (broad SMARTS) is 1. The third-order valence-corrected chi connectivity index (χ3v) is 12.1. The summed E-state index contributed by atoms with van der Waals surface area (Å²) >= 11 is 0. The van der Waals surface area contributed by atoms with E-state index in [1.165, 1.54) is 7.11 Å². The predicted molar refractivity (Wildman–Crippen MR) is 80.3 cm³/mol. The number of rotatable bonds is 7. The third-order valence-electron chi connectivity index (χ3n) is 4.51. The van der Waals surface area contributed by atoms with Crippen molar-refractivity contribution in [3.8, 4) is 0 Å². The molecule has 0 saturated carbocycles. The van der Waals surface area contributed by atoms with E-state index < -0.39 is 31.7 Å². The maximum Gasteiger partial charge on any atom is 0.334 e. The Kier molecular flexibility index (Phi) is 6.42. The maximum atomic E-state index is 12.2. The summed E-state index contributed by atoms with van der Waals surface area (Å²) in [6, 6.07) is 0. The minimum atomic E-state index is -2.73. The Morgan fingerprint density at radius 3 is 1.60 bits per heavy atom. The summed E-state index contributed by atoms with van der Waals surface area (Å²) in [5.74, 6) is -2.00. The lowest BCUT2D eigenvalue weighted by Gasteiger charge is -2.51. The van der Waals surface area contributed by atoms with Crippen LogP contribution in [0.4, 0.5) is 0 Å². The van der Waals surface area contributed by atoms with Crippen molar-refractivity contribution in [3.05, 3.63) is 0 Å². The first kappa shape index (κ1) is 19.1. The minimum Gasteiger partial charge on any atom is -0.481 e. The van der Waals surface area contributed by atoms with Crippen molar-refractivity contribution in [1.29, 1.82) is 0 Å². The van der Waals surface area contributed by atoms with Gasteiger partial charge in [0, 0.05) is 0 Å². The molecule has 0 aromatic heterocycles. The Morgan fingerprint density at radius 1 is 1.05 bits per heavy atom. The fraction of sp³-hybridized carbons (Fsp3) is 0.857. The molecule has 0 aromatic rings. The van der Waals surface area contributed by atoms with E-state index in [1.807, 2.05) is 41.5 Å². The van der Waals surface area contributed by atoms with E-state index >= 15 is 0 Å². The molecule has 2 N–H and O–H groups in total. The summed E-state index contributed by atoms with van der Waals surface area (Å²) in [5, 5.41) is 18.3. The molecular weight excluding hydrogens is 276 g/mol. The number of carbonyl (C=O) groups is 2. The van der Waals surface area contributed by atoms with E-state index in [9.17, 15) is 14.7 Å². The van der Waals surface area contributed by atoms with Gasteiger partial charge in [0.15, 0.2) is 5.22 Å². The zero-order chi connectivity index (χ0) is 16.3. The van der Waals surface area contributed by atoms with Crippen LogP contribution in [0.5, 0.6) is 0 Å². The van der Waals surface area contributed by atoms with Crippen molar-refractivity contribution in [2.24, 2.45) is 0 Å². The SMILES string of the molecule is COC(=O)C(O)(CC(=O)O)[Si](C(C)C)(C(C)C)C(C)C. The number of hydrogen-bond acceptors (Lipinski definition) is 4. The fourth-order valence-corrected chi connectivity index (χ4v) is 12.0. The topological polar surface area (TPSA) is 83.8 Å². The quantitative estimate of drug-likeness (QED) is 0.558. The molecule has 1 atom stereocenters. The molecule has 0 aliphatic rings. The average Bonchev–Trinajstić information content (AvgIpc) is 2.25. The van der Waals surface area contributed by atoms with Crippen LogP contribution in [-0.4, -0.2) is 42.6 Å². The molecule has 0 spiro atoms. The predicted octanol–water partition coefficient (Wildman–Crippen LogP) is 2.58. The summed E-state index contributed by atoms with van der Waals surface area (Å²) in [5.41, 5.74) is 0.142. The Hall–Kier alpha value is -0.883. The van der Waals surface area contributed by atoms with Gasteiger partial charge in [0.1, 0.15) is 8.07 Å². The second-order valence-corrected chi connectivity index (χ2v) is 12.5. The number of methoxy groups -OCH3 is 1. The number of aliphatic hydroxyl groups is 1. The molecule has 0 bridgehead atoms. The zero-order valence-electron chi connectivity index (χ0n) is 13.6. The molecule has 0 amide bonds. The van der Waals surface area contributed by atoms with Gasteiger partial charge in [-0.2, -0.15) is 0 Å². The lowest BCUT2D eigenvalue weighted by Crippen LogP contribution is -2.69. The van der Waals surface area contributed by atoms with Crippen LogP contribution in [0.25, 0.3) is 0 Å². The molecule has 0 aliphatic carbocycles. The molecule has 0 rings (SSSR count). The molecule has 0 saturated heterocycles. The second-order valence-electron chi connectivity index (χ2n) is 6.32. The van der Waals surface area contributed by atoms with Crippen molar-refractivity contribution in [2.45, 2.75) is 69.8 Å². The molecule has 5 nitrogen and oxygen atoms in total. The van der Waals surface area contributed by atoms with E-state index in [1.54, 1.807) is 0 Å². The molecule has 0 fully saturated rings. The lowest BCUT2D eigenvalue weighted by atomic mass is 10.2. The molecule has 20 heavy (non-hydrogen) atoms. The Balaban J connectivity index is 6.28. The maximum absolute atomic E-state index is 12.2. The van der Waals surface area contributed by atoms with Gasteiger partial charge < -0.3 is 14.9 Å². The number of aliphatic carboxylic acids is 1. The van der Waals surface area contributed by atoms with Crippen LogP contribution in [0.15, 0.2) is 0 Å². The monoisotopic (exact) mass is 304 g/mol. The largest absolute Gasteiger partial charge is 0.481 e. The van der Waals surface area contributed by atoms with Crippen molar-refractivity contribution in [3.63, 3.8) is 0 Å². The average molecular weight is 304 g/mol. The van der Waals surface area contributed by atoms with Crippen LogP contribution in [-0.2, 0) is 14.3 Å². The van der Waals surface area contributed by atoms with Gasteiger partial charge in [-0.25, -0.2) is 4.79 Å². The van der Waals surface area contributed by atoms with Crippen LogP contribution >= 0.6 is 0 Å². The summed E-state index contributed by atoms with van der Waals surface area (Å²) < 4.78 is 4.76. The van der Waals surface area contributed by atoms with E-state index in [0.29, 0.717) is 0 Å². The fourth-order valence-electron chi connectivity index (χ4n) is 4.22. The van der Waals surface area contributed by atoms with Gasteiger partial charge in [0.05, 0.1) is 13.5 Å². The highest BCUT2D eigenvalue weighted by Gasteiger charge is 2.63. The van der Waals surface area contributed by atoms with E-state index in [4.69, 9.17) is 9.84 Å².